The van der Waals surface area contributed by atoms with Gasteiger partial charge in [0.2, 0.25) is 0 Å². The molecule has 0 aliphatic heterocycles. The number of carbonyl (C=O) groups excluding carboxylic acids is 1. The molecule has 0 saturated carbocycles. The van der Waals surface area contributed by atoms with E-state index in [0.717, 1.165) is 10.1 Å². The van der Waals surface area contributed by atoms with Crippen LogP contribution in [0.1, 0.15) is 10.4 Å². The number of aromatic carboxylic acids is 1. The predicted octanol–water partition coefficient (Wildman–Crippen LogP) is -0.578. The van der Waals surface area contributed by atoms with Crippen molar-refractivity contribution < 1.29 is 61.3 Å². The Morgan fingerprint density at radius 1 is 1.00 bits per heavy atom. The van der Waals surface area contributed by atoms with Gasteiger partial charge in [-0.1, -0.05) is 30.3 Å². The smallest absolute Gasteiger partial charge is 0.545 e. The van der Waals surface area contributed by atoms with Crippen molar-refractivity contribution in [1.29, 1.82) is 0 Å². The molecule has 0 unspecified atom stereocenters. The van der Waals surface area contributed by atoms with Gasteiger partial charge in [-0.25, -0.2) is 0 Å². The molecule has 0 atom stereocenters. The Balaban J connectivity index is 0.00000108. The van der Waals surface area contributed by atoms with E-state index in [4.69, 9.17) is 0 Å². The van der Waals surface area contributed by atoms with Gasteiger partial charge in [-0.3, -0.25) is 0 Å². The minimum Gasteiger partial charge on any atom is -0.545 e. The minimum atomic E-state index is -1.13. The van der Waals surface area contributed by atoms with Crippen LogP contribution in [0.4, 0.5) is 0 Å². The zero-order valence-corrected chi connectivity index (χ0v) is 13.2. The van der Waals surface area contributed by atoms with Crippen LogP contribution in [0, 0.1) is 0 Å². The molecular weight excluding hydrogens is 259 g/mol. The molecule has 1 heterocycles. The average molecular weight is 266 g/mol. The fourth-order valence-corrected chi connectivity index (χ4v) is 3.00. The number of hydrogen-bond acceptors (Lipinski definition) is 3. The molecule has 3 rings (SSSR count). The van der Waals surface area contributed by atoms with Crippen molar-refractivity contribution in [3.8, 4) is 0 Å². The topological polar surface area (TPSA) is 40.1 Å². The normalized spacial score (nSPS) is 10.4. The van der Waals surface area contributed by atoms with Gasteiger partial charge >= 0.3 is 51.4 Å². The van der Waals surface area contributed by atoms with E-state index in [2.05, 4.69) is 0 Å². The summed E-state index contributed by atoms with van der Waals surface area (Å²) in [6.45, 7) is 0. The van der Waals surface area contributed by atoms with Crippen molar-refractivity contribution >= 4 is 37.5 Å². The van der Waals surface area contributed by atoms with Gasteiger partial charge in [0.05, 0.1) is 5.97 Å². The van der Waals surface area contributed by atoms with Gasteiger partial charge in [0.1, 0.15) is 0 Å². The average Bonchev–Trinajstić information content (AvgIpc) is 2.66. The number of thiophene rings is 1. The van der Waals surface area contributed by atoms with Crippen LogP contribution in [-0.4, -0.2) is 5.97 Å². The molecule has 3 aromatic rings. The number of carboxylic acids is 1. The summed E-state index contributed by atoms with van der Waals surface area (Å²) in [5.74, 6) is -1.13. The first-order chi connectivity index (χ1) is 7.75. The molecule has 17 heavy (non-hydrogen) atoms. The molecule has 2 nitrogen and oxygen atoms in total. The monoisotopic (exact) mass is 266 g/mol. The summed E-state index contributed by atoms with van der Waals surface area (Å²) in [4.78, 5) is 10.8. The van der Waals surface area contributed by atoms with E-state index in [0.29, 0.717) is 0 Å². The van der Waals surface area contributed by atoms with Gasteiger partial charge < -0.3 is 9.90 Å². The van der Waals surface area contributed by atoms with Gasteiger partial charge in [-0.15, -0.1) is 11.3 Å². The minimum absolute atomic E-state index is 0. The number of benzene rings is 2. The summed E-state index contributed by atoms with van der Waals surface area (Å²) in [7, 11) is 0. The first-order valence-corrected chi connectivity index (χ1v) is 5.70. The predicted molar refractivity (Wildman–Crippen MR) is 63.7 cm³/mol. The van der Waals surface area contributed by atoms with Crippen molar-refractivity contribution in [3.63, 3.8) is 0 Å². The summed E-state index contributed by atoms with van der Waals surface area (Å²) < 4.78 is 2.16. The maximum absolute atomic E-state index is 10.8. The Bertz CT molecular complexity index is 703. The second kappa shape index (κ2) is 5.18. The quantitative estimate of drug-likeness (QED) is 0.553. The van der Waals surface area contributed by atoms with E-state index in [1.807, 2.05) is 30.3 Å². The fraction of sp³-hybridized carbons (Fsp3) is 0. The van der Waals surface area contributed by atoms with Crippen LogP contribution in [0.25, 0.3) is 20.2 Å². The molecule has 0 saturated heterocycles. The van der Waals surface area contributed by atoms with Crippen LogP contribution in [0.3, 0.4) is 0 Å². The Labute approximate surface area is 145 Å². The van der Waals surface area contributed by atoms with Crippen molar-refractivity contribution in [2.24, 2.45) is 0 Å². The molecule has 0 bridgehead atoms. The Kier molecular flexibility index (Phi) is 4.02. The van der Waals surface area contributed by atoms with E-state index < -0.39 is 5.97 Å². The first kappa shape index (κ1) is 13.2. The summed E-state index contributed by atoms with van der Waals surface area (Å²) in [6, 6.07) is 13.2. The van der Waals surface area contributed by atoms with Crippen molar-refractivity contribution in [1.82, 2.24) is 0 Å². The zero-order chi connectivity index (χ0) is 11.1. The first-order valence-electron chi connectivity index (χ1n) is 4.88. The van der Waals surface area contributed by atoms with Crippen molar-refractivity contribution in [2.75, 3.05) is 0 Å². The van der Waals surface area contributed by atoms with Crippen LogP contribution in [-0.2, 0) is 0 Å². The van der Waals surface area contributed by atoms with Crippen LogP contribution in [0.15, 0.2) is 42.5 Å². The maximum Gasteiger partial charge on any atom is 1.00 e. The molecule has 78 valence electrons. The fourth-order valence-electron chi connectivity index (χ4n) is 1.85. The maximum atomic E-state index is 10.8. The van der Waals surface area contributed by atoms with Gasteiger partial charge in [-0.05, 0) is 17.7 Å². The molecule has 4 heteroatoms. The molecule has 0 N–H and O–H groups in total. The van der Waals surface area contributed by atoms with E-state index >= 15 is 0 Å². The van der Waals surface area contributed by atoms with E-state index in [-0.39, 0.29) is 56.9 Å². The third kappa shape index (κ3) is 2.34. The van der Waals surface area contributed by atoms with E-state index in [1.165, 1.54) is 10.1 Å². The number of fused-ring (bicyclic) bond motifs is 3. The molecule has 0 amide bonds. The second-order valence-electron chi connectivity index (χ2n) is 3.60. The summed E-state index contributed by atoms with van der Waals surface area (Å²) >= 11 is 1.60. The number of carboxylic acid groups (broad SMARTS) is 1. The molecule has 0 radical (unpaired) electrons. The van der Waals surface area contributed by atoms with Crippen molar-refractivity contribution in [3.05, 3.63) is 48.0 Å². The molecular formula is C13H7KO2S. The Hall–Kier alpha value is -0.234. The molecule has 0 aliphatic rings. The Morgan fingerprint density at radius 3 is 2.47 bits per heavy atom. The van der Waals surface area contributed by atoms with Gasteiger partial charge in [0, 0.05) is 20.2 Å². The zero-order valence-electron chi connectivity index (χ0n) is 9.27. The largest absolute Gasteiger partial charge is 1.00 e. The summed E-state index contributed by atoms with van der Waals surface area (Å²) in [6.07, 6.45) is 0. The van der Waals surface area contributed by atoms with Crippen molar-refractivity contribution in [2.45, 2.75) is 0 Å². The summed E-state index contributed by atoms with van der Waals surface area (Å²) in [5, 5.41) is 13.0. The van der Waals surface area contributed by atoms with Gasteiger partial charge in [0.15, 0.2) is 0 Å². The molecule has 0 fully saturated rings. The molecule has 0 spiro atoms. The van der Waals surface area contributed by atoms with Crippen LogP contribution in [0.2, 0.25) is 0 Å². The summed E-state index contributed by atoms with van der Waals surface area (Å²) in [5.41, 5.74) is 0.235. The third-order valence-corrected chi connectivity index (χ3v) is 3.75. The van der Waals surface area contributed by atoms with Crippen LogP contribution >= 0.6 is 11.3 Å². The van der Waals surface area contributed by atoms with Crippen LogP contribution < -0.4 is 56.5 Å². The number of hydrogen-bond donors (Lipinski definition) is 0. The van der Waals surface area contributed by atoms with Crippen LogP contribution in [0.5, 0.6) is 0 Å². The SMILES string of the molecule is O=C([O-])c1ccc2c(c1)sc1ccccc12.[K+]. The van der Waals surface area contributed by atoms with Gasteiger partial charge in [0.25, 0.3) is 0 Å². The van der Waals surface area contributed by atoms with E-state index in [9.17, 15) is 9.90 Å². The molecule has 0 aliphatic carbocycles. The molecule has 2 aromatic carbocycles. The standard InChI is InChI=1S/C13H8O2S.K/c14-13(15)8-5-6-10-9-3-1-2-4-11(9)16-12(10)7-8;/h1-7H,(H,14,15);/q;+1/p-1. The van der Waals surface area contributed by atoms with Gasteiger partial charge in [-0.2, -0.15) is 0 Å². The van der Waals surface area contributed by atoms with E-state index in [1.54, 1.807) is 23.5 Å². The third-order valence-electron chi connectivity index (χ3n) is 2.61. The second-order valence-corrected chi connectivity index (χ2v) is 4.68. The molecule has 1 aromatic heterocycles. The number of rotatable bonds is 1. The number of carbonyl (C=O) groups is 1. The Morgan fingerprint density at radius 2 is 1.71 bits per heavy atom.